The lowest BCUT2D eigenvalue weighted by atomic mass is 9.96. The van der Waals surface area contributed by atoms with Crippen LogP contribution in [-0.2, 0) is 9.47 Å². The summed E-state index contributed by atoms with van der Waals surface area (Å²) in [7, 11) is 1.75. The highest BCUT2D eigenvalue weighted by Crippen LogP contribution is 2.20. The topological polar surface area (TPSA) is 157 Å². The number of carboxylic acids is 1. The number of unbranched alkanes of at least 4 members (excludes halogenated alkanes) is 4. The minimum Gasteiger partial charge on any atom is -0.507 e. The summed E-state index contributed by atoms with van der Waals surface area (Å²) in [5.41, 5.74) is 0.769. The normalized spacial score (nSPS) is 23.0. The first-order valence-corrected chi connectivity index (χ1v) is 12.3. The van der Waals surface area contributed by atoms with Crippen molar-refractivity contribution in [1.29, 1.82) is 0 Å². The predicted molar refractivity (Wildman–Crippen MR) is 136 cm³/mol. The van der Waals surface area contributed by atoms with Crippen LogP contribution in [0.2, 0.25) is 0 Å². The lowest BCUT2D eigenvalue weighted by molar-refractivity contribution is -0.224. The molecular formula is C26H48O9. The summed E-state index contributed by atoms with van der Waals surface area (Å²) in [5, 5.41) is 53.9. The zero-order valence-corrected chi connectivity index (χ0v) is 22.2. The van der Waals surface area contributed by atoms with E-state index in [4.69, 9.17) is 24.8 Å². The Morgan fingerprint density at radius 3 is 1.94 bits per heavy atom. The van der Waals surface area contributed by atoms with Gasteiger partial charge in [-0.2, -0.15) is 0 Å². The molecule has 0 spiro atoms. The third kappa shape index (κ3) is 15.8. The fraction of sp³-hybridized carbons (Fsp3) is 0.731. The Kier molecular flexibility index (Phi) is 21.8. The molecule has 1 fully saturated rings. The fourth-order valence-electron chi connectivity index (χ4n) is 2.96. The first-order chi connectivity index (χ1) is 16.5. The lowest BCUT2D eigenvalue weighted by Crippen LogP contribution is -2.57. The number of carbonyl (C=O) groups is 1. The number of aryl methyl sites for hydroxylation is 1. The Hall–Kier alpha value is -1.75. The quantitative estimate of drug-likeness (QED) is 0.292. The lowest BCUT2D eigenvalue weighted by Gasteiger charge is -2.38. The van der Waals surface area contributed by atoms with Gasteiger partial charge in [0.2, 0.25) is 0 Å². The number of benzene rings is 1. The molecule has 0 aromatic heterocycles. The van der Waals surface area contributed by atoms with Crippen molar-refractivity contribution in [3.8, 4) is 5.75 Å². The van der Waals surface area contributed by atoms with E-state index in [1.807, 2.05) is 0 Å². The van der Waals surface area contributed by atoms with Gasteiger partial charge in [0.1, 0.15) is 35.7 Å². The minimum absolute atomic E-state index is 0.0509. The number of aromatic hydroxyl groups is 1. The SMILES string of the molecule is CC1OC(CO)C(O)C(O)C1O.CCCCC.CCCCCOC.Cc1ccc(O)c(C(=O)O)c1. The van der Waals surface area contributed by atoms with Crippen LogP contribution in [0.4, 0.5) is 0 Å². The van der Waals surface area contributed by atoms with Crippen molar-refractivity contribution in [2.24, 2.45) is 0 Å². The van der Waals surface area contributed by atoms with E-state index in [1.54, 1.807) is 27.0 Å². The zero-order valence-electron chi connectivity index (χ0n) is 22.2. The third-order valence-electron chi connectivity index (χ3n) is 5.17. The van der Waals surface area contributed by atoms with Gasteiger partial charge in [0.25, 0.3) is 0 Å². The maximum Gasteiger partial charge on any atom is 0.339 e. The van der Waals surface area contributed by atoms with Gasteiger partial charge in [0, 0.05) is 13.7 Å². The van der Waals surface area contributed by atoms with E-state index in [0.717, 1.165) is 12.2 Å². The van der Waals surface area contributed by atoms with E-state index >= 15 is 0 Å². The van der Waals surface area contributed by atoms with Crippen LogP contribution in [0.3, 0.4) is 0 Å². The molecule has 1 aliphatic heterocycles. The number of methoxy groups -OCH3 is 1. The molecule has 0 radical (unpaired) electrons. The van der Waals surface area contributed by atoms with Crippen LogP contribution in [0.15, 0.2) is 18.2 Å². The molecule has 5 atom stereocenters. The van der Waals surface area contributed by atoms with Gasteiger partial charge < -0.3 is 40.1 Å². The Labute approximate surface area is 210 Å². The highest BCUT2D eigenvalue weighted by molar-refractivity contribution is 5.90. The molecular weight excluding hydrogens is 456 g/mol. The van der Waals surface area contributed by atoms with Crippen LogP contribution in [-0.4, -0.2) is 87.5 Å². The number of carboxylic acid groups (broad SMARTS) is 1. The van der Waals surface area contributed by atoms with Gasteiger partial charge in [0.05, 0.1) is 12.7 Å². The summed E-state index contributed by atoms with van der Waals surface area (Å²) >= 11 is 0. The number of aliphatic hydroxyl groups is 4. The third-order valence-corrected chi connectivity index (χ3v) is 5.17. The average molecular weight is 505 g/mol. The Balaban J connectivity index is 0. The van der Waals surface area contributed by atoms with Gasteiger partial charge in [-0.05, 0) is 32.4 Å². The summed E-state index contributed by atoms with van der Waals surface area (Å²) < 4.78 is 9.86. The molecule has 0 bridgehead atoms. The Morgan fingerprint density at radius 2 is 1.54 bits per heavy atom. The van der Waals surface area contributed by atoms with Gasteiger partial charge >= 0.3 is 5.97 Å². The maximum atomic E-state index is 10.4. The second-order valence-corrected chi connectivity index (χ2v) is 8.41. The first-order valence-electron chi connectivity index (χ1n) is 12.3. The number of ether oxygens (including phenoxy) is 2. The molecule has 1 saturated heterocycles. The second-order valence-electron chi connectivity index (χ2n) is 8.41. The van der Waals surface area contributed by atoms with Crippen molar-refractivity contribution in [3.63, 3.8) is 0 Å². The smallest absolute Gasteiger partial charge is 0.339 e. The molecule has 9 nitrogen and oxygen atoms in total. The van der Waals surface area contributed by atoms with E-state index in [1.165, 1.54) is 50.7 Å². The second kappa shape index (κ2) is 21.5. The van der Waals surface area contributed by atoms with Gasteiger partial charge in [-0.1, -0.05) is 64.5 Å². The van der Waals surface area contributed by atoms with Gasteiger partial charge in [-0.15, -0.1) is 0 Å². The van der Waals surface area contributed by atoms with Crippen LogP contribution >= 0.6 is 0 Å². The molecule has 1 aromatic rings. The van der Waals surface area contributed by atoms with E-state index in [2.05, 4.69) is 20.8 Å². The number of phenols is 1. The van der Waals surface area contributed by atoms with Crippen molar-refractivity contribution < 1.29 is 44.9 Å². The standard InChI is InChI=1S/C8H8O3.C7H14O5.C6H14O.C5H12/c1-5-2-3-7(9)6(4-5)8(10)11;1-3-5(9)7(11)6(10)4(2-8)12-3;1-3-4-5-6-7-2;1-3-5-4-2/h2-4,9H,1H3,(H,10,11);3-11H,2H2,1H3;3-6H2,1-2H3;3-5H2,1-2H3. The van der Waals surface area contributed by atoms with Gasteiger partial charge in [-0.3, -0.25) is 0 Å². The molecule has 9 heteroatoms. The summed E-state index contributed by atoms with van der Waals surface area (Å²) in [6, 6.07) is 4.46. The predicted octanol–water partition coefficient (Wildman–Crippen LogP) is 3.27. The number of hydrogen-bond acceptors (Lipinski definition) is 8. The summed E-state index contributed by atoms with van der Waals surface area (Å²) in [4.78, 5) is 10.4. The van der Waals surface area contributed by atoms with Crippen LogP contribution in [0, 0.1) is 6.92 Å². The largest absolute Gasteiger partial charge is 0.507 e. The monoisotopic (exact) mass is 504 g/mol. The average Bonchev–Trinajstić information content (AvgIpc) is 2.83. The molecule has 206 valence electrons. The van der Waals surface area contributed by atoms with Crippen LogP contribution in [0.25, 0.3) is 0 Å². The van der Waals surface area contributed by atoms with Crippen molar-refractivity contribution >= 4 is 5.97 Å². The zero-order chi connectivity index (χ0) is 27.4. The van der Waals surface area contributed by atoms with Crippen molar-refractivity contribution in [2.45, 2.75) is 104 Å². The number of aliphatic hydroxyl groups excluding tert-OH is 4. The van der Waals surface area contributed by atoms with Crippen molar-refractivity contribution in [3.05, 3.63) is 29.3 Å². The molecule has 0 aliphatic carbocycles. The molecule has 35 heavy (non-hydrogen) atoms. The number of aromatic carboxylic acids is 1. The van der Waals surface area contributed by atoms with Crippen LogP contribution < -0.4 is 0 Å². The van der Waals surface area contributed by atoms with Crippen LogP contribution in [0.1, 0.15) is 82.1 Å². The van der Waals surface area contributed by atoms with E-state index in [9.17, 15) is 20.1 Å². The van der Waals surface area contributed by atoms with E-state index in [-0.39, 0.29) is 17.9 Å². The van der Waals surface area contributed by atoms with Gasteiger partial charge in [0.15, 0.2) is 0 Å². The summed E-state index contributed by atoms with van der Waals surface area (Å²) in [5.74, 6) is -1.30. The van der Waals surface area contributed by atoms with E-state index < -0.39 is 36.5 Å². The Morgan fingerprint density at radius 1 is 0.971 bits per heavy atom. The van der Waals surface area contributed by atoms with Crippen molar-refractivity contribution in [2.75, 3.05) is 20.3 Å². The van der Waals surface area contributed by atoms with Gasteiger partial charge in [-0.25, -0.2) is 4.79 Å². The highest BCUT2D eigenvalue weighted by Gasteiger charge is 2.41. The summed E-state index contributed by atoms with van der Waals surface area (Å²) in [6.45, 7) is 10.5. The molecule has 1 heterocycles. The minimum atomic E-state index is -1.24. The molecule has 6 N–H and O–H groups in total. The van der Waals surface area contributed by atoms with Crippen LogP contribution in [0.5, 0.6) is 5.75 Å². The summed E-state index contributed by atoms with van der Waals surface area (Å²) in [6.07, 6.45) is 2.94. The molecule has 0 amide bonds. The maximum absolute atomic E-state index is 10.4. The molecule has 2 rings (SSSR count). The van der Waals surface area contributed by atoms with E-state index in [0.29, 0.717) is 0 Å². The number of hydrogen-bond donors (Lipinski definition) is 6. The molecule has 0 saturated carbocycles. The fourth-order valence-corrected chi connectivity index (χ4v) is 2.96. The highest BCUT2D eigenvalue weighted by atomic mass is 16.5. The van der Waals surface area contributed by atoms with Crippen molar-refractivity contribution in [1.82, 2.24) is 0 Å². The molecule has 1 aromatic carbocycles. The first kappa shape index (κ1) is 35.4. The Bertz CT molecular complexity index is 643. The number of rotatable bonds is 8. The molecule has 1 aliphatic rings. The molecule has 5 unspecified atom stereocenters.